The summed E-state index contributed by atoms with van der Waals surface area (Å²) >= 11 is 5.95. The van der Waals surface area contributed by atoms with E-state index in [0.29, 0.717) is 29.7 Å². The molecular weight excluding hydrogens is 263 g/mol. The van der Waals surface area contributed by atoms with E-state index in [1.165, 1.54) is 0 Å². The third-order valence-corrected chi connectivity index (χ3v) is 4.27. The minimum Gasteiger partial charge on any atom is -0.384 e. The van der Waals surface area contributed by atoms with Gasteiger partial charge in [-0.3, -0.25) is 4.57 Å². The van der Waals surface area contributed by atoms with Crippen molar-refractivity contribution >= 4 is 25.0 Å². The van der Waals surface area contributed by atoms with Crippen molar-refractivity contribution in [1.82, 2.24) is 4.98 Å². The molecule has 0 aromatic carbocycles. The van der Waals surface area contributed by atoms with Crippen LogP contribution < -0.4 is 5.73 Å². The Labute approximate surface area is 106 Å². The van der Waals surface area contributed by atoms with Crippen molar-refractivity contribution in [2.45, 2.75) is 20.0 Å². The van der Waals surface area contributed by atoms with Gasteiger partial charge >= 0.3 is 7.60 Å². The summed E-state index contributed by atoms with van der Waals surface area (Å²) in [6, 6.07) is 3.19. The maximum Gasteiger partial charge on any atom is 0.336 e. The van der Waals surface area contributed by atoms with Crippen molar-refractivity contribution in [1.29, 1.82) is 0 Å². The zero-order valence-corrected chi connectivity index (χ0v) is 11.5. The van der Waals surface area contributed by atoms with E-state index in [0.717, 1.165) is 0 Å². The van der Waals surface area contributed by atoms with Crippen LogP contribution in [0.1, 0.15) is 19.5 Å². The van der Waals surface area contributed by atoms with Gasteiger partial charge in [-0.15, -0.1) is 0 Å². The normalized spacial score (nSPS) is 11.7. The average molecular weight is 279 g/mol. The van der Waals surface area contributed by atoms with Crippen molar-refractivity contribution in [3.05, 3.63) is 22.8 Å². The lowest BCUT2D eigenvalue weighted by Gasteiger charge is -2.17. The predicted molar refractivity (Wildman–Crippen MR) is 68.2 cm³/mol. The number of nitrogens with zero attached hydrogens (tertiary/aromatic N) is 1. The molecule has 1 aromatic heterocycles. The molecule has 0 aliphatic carbocycles. The molecule has 0 spiro atoms. The number of pyridine rings is 1. The Hall–Kier alpha value is -0.610. The van der Waals surface area contributed by atoms with Crippen molar-refractivity contribution in [2.24, 2.45) is 0 Å². The smallest absolute Gasteiger partial charge is 0.336 e. The molecule has 0 aliphatic heterocycles. The molecule has 1 rings (SSSR count). The molecule has 1 aromatic rings. The first kappa shape index (κ1) is 14.5. The van der Waals surface area contributed by atoms with Crippen molar-refractivity contribution < 1.29 is 13.6 Å². The maximum atomic E-state index is 12.3. The van der Waals surface area contributed by atoms with Gasteiger partial charge in [0, 0.05) is 0 Å². The maximum absolute atomic E-state index is 12.3. The lowest BCUT2D eigenvalue weighted by Crippen LogP contribution is -2.02. The van der Waals surface area contributed by atoms with E-state index in [2.05, 4.69) is 4.98 Å². The highest BCUT2D eigenvalue weighted by Crippen LogP contribution is 2.51. The highest BCUT2D eigenvalue weighted by Gasteiger charge is 2.26. The summed E-state index contributed by atoms with van der Waals surface area (Å²) in [6.45, 7) is 4.11. The average Bonchev–Trinajstić information content (AvgIpc) is 2.24. The summed E-state index contributed by atoms with van der Waals surface area (Å²) in [5.74, 6) is 0.323. The van der Waals surface area contributed by atoms with Gasteiger partial charge < -0.3 is 14.8 Å². The number of hydrogen-bond donors (Lipinski definition) is 1. The van der Waals surface area contributed by atoms with Crippen LogP contribution in [-0.2, 0) is 19.8 Å². The van der Waals surface area contributed by atoms with Gasteiger partial charge in [0.15, 0.2) is 0 Å². The van der Waals surface area contributed by atoms with Crippen LogP contribution in [0.5, 0.6) is 0 Å². The summed E-state index contributed by atoms with van der Waals surface area (Å²) in [4.78, 5) is 4.04. The van der Waals surface area contributed by atoms with Crippen molar-refractivity contribution in [2.75, 3.05) is 18.9 Å². The number of rotatable bonds is 6. The summed E-state index contributed by atoms with van der Waals surface area (Å²) in [5.41, 5.74) is 5.98. The molecule has 0 fully saturated rings. The van der Waals surface area contributed by atoms with E-state index >= 15 is 0 Å². The van der Waals surface area contributed by atoms with Gasteiger partial charge in [0.2, 0.25) is 0 Å². The fraction of sp³-hybridized carbons (Fsp3) is 0.500. The molecule has 0 saturated heterocycles. The Morgan fingerprint density at radius 1 is 1.35 bits per heavy atom. The molecule has 5 nitrogen and oxygen atoms in total. The molecule has 17 heavy (non-hydrogen) atoms. The minimum absolute atomic E-state index is 0.0263. The molecular formula is C10H16ClN2O3P. The van der Waals surface area contributed by atoms with Crippen LogP contribution in [0, 0.1) is 0 Å². The van der Waals surface area contributed by atoms with Gasteiger partial charge in [-0.1, -0.05) is 11.6 Å². The molecule has 1 heterocycles. The fourth-order valence-corrected chi connectivity index (χ4v) is 3.23. The first-order valence-electron chi connectivity index (χ1n) is 5.29. The number of hydrogen-bond acceptors (Lipinski definition) is 5. The van der Waals surface area contributed by atoms with Crippen molar-refractivity contribution in [3.63, 3.8) is 0 Å². The predicted octanol–water partition coefficient (Wildman–Crippen LogP) is 3.08. The molecule has 7 heteroatoms. The van der Waals surface area contributed by atoms with Gasteiger partial charge in [0.25, 0.3) is 0 Å². The SMILES string of the molecule is CCOP(=O)(Cc1nc(N)ccc1Cl)OCC. The summed E-state index contributed by atoms with van der Waals surface area (Å²) in [7, 11) is -3.19. The highest BCUT2D eigenvalue weighted by molar-refractivity contribution is 7.53. The molecule has 96 valence electrons. The van der Waals surface area contributed by atoms with Crippen LogP contribution in [0.3, 0.4) is 0 Å². The number of nitrogen functional groups attached to an aromatic ring is 1. The second kappa shape index (κ2) is 6.36. The molecule has 0 radical (unpaired) electrons. The van der Waals surface area contributed by atoms with E-state index in [-0.39, 0.29) is 6.16 Å². The van der Waals surface area contributed by atoms with Crippen LogP contribution in [-0.4, -0.2) is 18.2 Å². The van der Waals surface area contributed by atoms with Gasteiger partial charge in [-0.05, 0) is 26.0 Å². The molecule has 0 amide bonds. The third-order valence-electron chi connectivity index (χ3n) is 1.94. The van der Waals surface area contributed by atoms with Crippen LogP contribution in [0.2, 0.25) is 5.02 Å². The van der Waals surface area contributed by atoms with Crippen molar-refractivity contribution in [3.8, 4) is 0 Å². The van der Waals surface area contributed by atoms with Gasteiger partial charge in [0.1, 0.15) is 5.82 Å². The van der Waals surface area contributed by atoms with E-state index in [4.69, 9.17) is 26.4 Å². The fourth-order valence-electron chi connectivity index (χ4n) is 1.32. The van der Waals surface area contributed by atoms with E-state index in [1.807, 2.05) is 0 Å². The molecule has 0 unspecified atom stereocenters. The van der Waals surface area contributed by atoms with Crippen LogP contribution >= 0.6 is 19.2 Å². The molecule has 0 aliphatic rings. The Kier molecular flexibility index (Phi) is 5.40. The Morgan fingerprint density at radius 3 is 2.47 bits per heavy atom. The molecule has 0 bridgehead atoms. The number of aromatic nitrogens is 1. The van der Waals surface area contributed by atoms with E-state index < -0.39 is 7.60 Å². The van der Waals surface area contributed by atoms with Crippen LogP contribution in [0.4, 0.5) is 5.82 Å². The minimum atomic E-state index is -3.19. The van der Waals surface area contributed by atoms with Crippen LogP contribution in [0.25, 0.3) is 0 Å². The monoisotopic (exact) mass is 278 g/mol. The quantitative estimate of drug-likeness (QED) is 0.809. The first-order valence-corrected chi connectivity index (χ1v) is 7.40. The van der Waals surface area contributed by atoms with E-state index in [9.17, 15) is 4.57 Å². The molecule has 0 atom stereocenters. The van der Waals surface area contributed by atoms with Gasteiger partial charge in [-0.25, -0.2) is 4.98 Å². The van der Waals surface area contributed by atoms with Crippen LogP contribution in [0.15, 0.2) is 12.1 Å². The second-order valence-corrected chi connectivity index (χ2v) is 5.73. The highest BCUT2D eigenvalue weighted by atomic mass is 35.5. The number of nitrogens with two attached hydrogens (primary N) is 1. The van der Waals surface area contributed by atoms with Gasteiger partial charge in [-0.2, -0.15) is 0 Å². The largest absolute Gasteiger partial charge is 0.384 e. The Bertz CT molecular complexity index is 418. The van der Waals surface area contributed by atoms with E-state index in [1.54, 1.807) is 26.0 Å². The first-order chi connectivity index (χ1) is 8.00. The third kappa shape index (κ3) is 4.28. The topological polar surface area (TPSA) is 74.4 Å². The summed E-state index contributed by atoms with van der Waals surface area (Å²) in [6.07, 6.45) is 0.0263. The molecule has 0 saturated carbocycles. The lowest BCUT2D eigenvalue weighted by molar-refractivity contribution is 0.219. The molecule has 2 N–H and O–H groups in total. The summed E-state index contributed by atoms with van der Waals surface area (Å²) < 4.78 is 22.6. The lowest BCUT2D eigenvalue weighted by atomic mass is 10.4. The second-order valence-electron chi connectivity index (χ2n) is 3.27. The zero-order valence-electron chi connectivity index (χ0n) is 9.85. The zero-order chi connectivity index (χ0) is 12.9. The summed E-state index contributed by atoms with van der Waals surface area (Å²) in [5, 5.41) is 0.402. The number of halogens is 1. The Morgan fingerprint density at radius 2 is 1.94 bits per heavy atom. The number of anilines is 1. The standard InChI is InChI=1S/C10H16ClN2O3P/c1-3-15-17(14,16-4-2)7-9-8(11)5-6-10(12)13-9/h5-6H,3-4,7H2,1-2H3,(H2,12,13). The van der Waals surface area contributed by atoms with Gasteiger partial charge in [0.05, 0.1) is 30.1 Å². The Balaban J connectivity index is 2.93.